The van der Waals surface area contributed by atoms with Crippen LogP contribution in [-0.4, -0.2) is 54.0 Å². The molecule has 4 heteroatoms. The van der Waals surface area contributed by atoms with Gasteiger partial charge < -0.3 is 14.9 Å². The molecule has 1 N–H and O–H groups in total. The SMILES string of the molecule is CN(C)C1C[C@@H]2CC(N(C)C(=O)c3cccc(O)c3)C[C@@H]2C1. The molecule has 2 aliphatic carbocycles. The molecule has 0 aromatic heterocycles. The van der Waals surface area contributed by atoms with Gasteiger partial charge in [0.15, 0.2) is 0 Å². The Morgan fingerprint density at radius 1 is 1.05 bits per heavy atom. The number of fused-ring (bicyclic) bond motifs is 1. The Kier molecular flexibility index (Phi) is 4.13. The van der Waals surface area contributed by atoms with Crippen LogP contribution in [-0.2, 0) is 0 Å². The van der Waals surface area contributed by atoms with Crippen molar-refractivity contribution >= 4 is 5.91 Å². The van der Waals surface area contributed by atoms with Gasteiger partial charge in [-0.25, -0.2) is 0 Å². The fourth-order valence-corrected chi connectivity index (χ4v) is 4.30. The monoisotopic (exact) mass is 302 g/mol. The molecule has 0 heterocycles. The van der Waals surface area contributed by atoms with Gasteiger partial charge in [-0.15, -0.1) is 0 Å². The predicted molar refractivity (Wildman–Crippen MR) is 86.9 cm³/mol. The zero-order valence-electron chi connectivity index (χ0n) is 13.7. The quantitative estimate of drug-likeness (QED) is 0.933. The lowest BCUT2D eigenvalue weighted by Crippen LogP contribution is -2.36. The molecule has 1 aromatic carbocycles. The number of amides is 1. The molecule has 4 atom stereocenters. The van der Waals surface area contributed by atoms with E-state index in [9.17, 15) is 9.90 Å². The van der Waals surface area contributed by atoms with E-state index in [-0.39, 0.29) is 11.7 Å². The first-order valence-electron chi connectivity index (χ1n) is 8.18. The second kappa shape index (κ2) is 5.92. The molecular weight excluding hydrogens is 276 g/mol. The summed E-state index contributed by atoms with van der Waals surface area (Å²) in [6.45, 7) is 0. The van der Waals surface area contributed by atoms with Crippen LogP contribution in [0.5, 0.6) is 5.75 Å². The van der Waals surface area contributed by atoms with E-state index in [4.69, 9.17) is 0 Å². The van der Waals surface area contributed by atoms with E-state index in [1.807, 2.05) is 11.9 Å². The van der Waals surface area contributed by atoms with Gasteiger partial charge in [-0.05, 0) is 69.8 Å². The third-order valence-electron chi connectivity index (χ3n) is 5.66. The van der Waals surface area contributed by atoms with Crippen molar-refractivity contribution < 1.29 is 9.90 Å². The molecule has 120 valence electrons. The zero-order valence-corrected chi connectivity index (χ0v) is 13.7. The maximum atomic E-state index is 12.6. The van der Waals surface area contributed by atoms with Crippen LogP contribution in [0.25, 0.3) is 0 Å². The Morgan fingerprint density at radius 2 is 1.64 bits per heavy atom. The number of benzene rings is 1. The van der Waals surface area contributed by atoms with E-state index in [0.29, 0.717) is 17.6 Å². The Labute approximate surface area is 132 Å². The van der Waals surface area contributed by atoms with Crippen LogP contribution in [0.3, 0.4) is 0 Å². The highest BCUT2D eigenvalue weighted by Gasteiger charge is 2.44. The van der Waals surface area contributed by atoms with Crippen LogP contribution < -0.4 is 0 Å². The van der Waals surface area contributed by atoms with Crippen molar-refractivity contribution in [1.82, 2.24) is 9.80 Å². The van der Waals surface area contributed by atoms with Gasteiger partial charge in [-0.3, -0.25) is 4.79 Å². The number of carbonyl (C=O) groups excluding carboxylic acids is 1. The molecule has 1 aromatic rings. The fraction of sp³-hybridized carbons (Fsp3) is 0.611. The van der Waals surface area contributed by atoms with Gasteiger partial charge in [-0.2, -0.15) is 0 Å². The summed E-state index contributed by atoms with van der Waals surface area (Å²) >= 11 is 0. The van der Waals surface area contributed by atoms with Crippen LogP contribution >= 0.6 is 0 Å². The van der Waals surface area contributed by atoms with Gasteiger partial charge in [0, 0.05) is 24.7 Å². The number of hydrogen-bond acceptors (Lipinski definition) is 3. The minimum absolute atomic E-state index is 0.0185. The van der Waals surface area contributed by atoms with Gasteiger partial charge in [0.25, 0.3) is 5.91 Å². The molecule has 2 saturated carbocycles. The zero-order chi connectivity index (χ0) is 15.9. The maximum absolute atomic E-state index is 12.6. The predicted octanol–water partition coefficient (Wildman–Crippen LogP) is 2.58. The average molecular weight is 302 g/mol. The lowest BCUT2D eigenvalue weighted by molar-refractivity contribution is 0.0726. The van der Waals surface area contributed by atoms with Crippen molar-refractivity contribution in [3.63, 3.8) is 0 Å². The molecule has 3 rings (SSSR count). The molecule has 0 saturated heterocycles. The normalized spacial score (nSPS) is 30.5. The molecule has 4 nitrogen and oxygen atoms in total. The molecule has 22 heavy (non-hydrogen) atoms. The number of phenols is 1. The third kappa shape index (κ3) is 2.84. The highest BCUT2D eigenvalue weighted by Crippen LogP contribution is 2.46. The van der Waals surface area contributed by atoms with Crippen molar-refractivity contribution in [3.8, 4) is 5.75 Å². The second-order valence-corrected chi connectivity index (χ2v) is 7.20. The molecule has 0 spiro atoms. The van der Waals surface area contributed by atoms with Crippen LogP contribution in [0, 0.1) is 11.8 Å². The smallest absolute Gasteiger partial charge is 0.253 e. The summed E-state index contributed by atoms with van der Waals surface area (Å²) < 4.78 is 0. The van der Waals surface area contributed by atoms with E-state index >= 15 is 0 Å². The standard InChI is InChI=1S/C18H26N2O2/c1-19(2)15-7-13-9-16(10-14(13)8-15)20(3)18(22)12-5-4-6-17(21)11-12/h4-6,11,13-16,21H,7-10H2,1-3H3/t13-,14+,15?,16?. The summed E-state index contributed by atoms with van der Waals surface area (Å²) in [7, 11) is 6.24. The van der Waals surface area contributed by atoms with Gasteiger partial charge in [0.2, 0.25) is 0 Å². The third-order valence-corrected chi connectivity index (χ3v) is 5.66. The summed E-state index contributed by atoms with van der Waals surface area (Å²) in [6, 6.07) is 7.70. The van der Waals surface area contributed by atoms with Gasteiger partial charge in [0.1, 0.15) is 5.75 Å². The molecule has 1 amide bonds. The van der Waals surface area contributed by atoms with Crippen LogP contribution in [0.2, 0.25) is 0 Å². The lowest BCUT2D eigenvalue weighted by atomic mass is 10.0. The van der Waals surface area contributed by atoms with E-state index in [2.05, 4.69) is 19.0 Å². The topological polar surface area (TPSA) is 43.8 Å². The van der Waals surface area contributed by atoms with E-state index in [1.165, 1.54) is 12.8 Å². The Bertz CT molecular complexity index is 544. The van der Waals surface area contributed by atoms with E-state index in [1.54, 1.807) is 24.3 Å². The Balaban J connectivity index is 1.63. The molecule has 2 fully saturated rings. The van der Waals surface area contributed by atoms with Crippen molar-refractivity contribution in [3.05, 3.63) is 29.8 Å². The first kappa shape index (κ1) is 15.3. The highest BCUT2D eigenvalue weighted by molar-refractivity contribution is 5.94. The second-order valence-electron chi connectivity index (χ2n) is 7.20. The van der Waals surface area contributed by atoms with Gasteiger partial charge in [0.05, 0.1) is 0 Å². The summed E-state index contributed by atoms with van der Waals surface area (Å²) in [4.78, 5) is 16.8. The summed E-state index contributed by atoms with van der Waals surface area (Å²) in [5.41, 5.74) is 0.575. The number of phenolic OH excluding ortho intramolecular Hbond substituents is 1. The van der Waals surface area contributed by atoms with Crippen molar-refractivity contribution in [2.24, 2.45) is 11.8 Å². The highest BCUT2D eigenvalue weighted by atomic mass is 16.3. The lowest BCUT2D eigenvalue weighted by Gasteiger charge is -2.27. The molecule has 2 aliphatic rings. The Morgan fingerprint density at radius 3 is 2.18 bits per heavy atom. The van der Waals surface area contributed by atoms with Crippen molar-refractivity contribution in [1.29, 1.82) is 0 Å². The molecule has 0 bridgehead atoms. The summed E-state index contributed by atoms with van der Waals surface area (Å²) in [5, 5.41) is 9.55. The van der Waals surface area contributed by atoms with Crippen molar-refractivity contribution in [2.45, 2.75) is 37.8 Å². The number of aromatic hydroxyl groups is 1. The molecule has 0 radical (unpaired) electrons. The number of rotatable bonds is 3. The van der Waals surface area contributed by atoms with Gasteiger partial charge in [-0.1, -0.05) is 6.07 Å². The van der Waals surface area contributed by atoms with Crippen LogP contribution in [0.15, 0.2) is 24.3 Å². The average Bonchev–Trinajstić information content (AvgIpc) is 3.04. The van der Waals surface area contributed by atoms with Crippen molar-refractivity contribution in [2.75, 3.05) is 21.1 Å². The summed E-state index contributed by atoms with van der Waals surface area (Å²) in [5.74, 6) is 1.69. The largest absolute Gasteiger partial charge is 0.508 e. The minimum atomic E-state index is 0.0185. The van der Waals surface area contributed by atoms with Gasteiger partial charge >= 0.3 is 0 Å². The minimum Gasteiger partial charge on any atom is -0.508 e. The van der Waals surface area contributed by atoms with Crippen LogP contribution in [0.4, 0.5) is 0 Å². The first-order chi connectivity index (χ1) is 10.5. The maximum Gasteiger partial charge on any atom is 0.253 e. The summed E-state index contributed by atoms with van der Waals surface area (Å²) in [6.07, 6.45) is 4.77. The Hall–Kier alpha value is -1.55. The fourth-order valence-electron chi connectivity index (χ4n) is 4.30. The first-order valence-corrected chi connectivity index (χ1v) is 8.18. The number of hydrogen-bond donors (Lipinski definition) is 1. The van der Waals surface area contributed by atoms with E-state index < -0.39 is 0 Å². The molecule has 0 aliphatic heterocycles. The number of nitrogens with zero attached hydrogens (tertiary/aromatic N) is 2. The van der Waals surface area contributed by atoms with E-state index in [0.717, 1.165) is 24.7 Å². The molecule has 2 unspecified atom stereocenters. The molecular formula is C18H26N2O2. The van der Waals surface area contributed by atoms with Crippen LogP contribution in [0.1, 0.15) is 36.0 Å². The number of carbonyl (C=O) groups is 1.